The molecule has 17 nitrogen and oxygen atoms in total. The van der Waals surface area contributed by atoms with Gasteiger partial charge >= 0.3 is 0 Å². The third kappa shape index (κ3) is 7.62. The molecule has 17 heteroatoms. The molecule has 7 fully saturated rings. The standard InChI is InChI=1S/C47H78O17/c1-42(2)13-14-44(5)22(15-42)21-9-10-27-45(6)12-11-28(62-40-36(58)33(55)31(53)25(18-48)60-40)43(3,4)38(45)23(50)16-47(27,8)46(21,7)17-29(44)63-41-37(34(56)32(54)26(19-49)61-41)64-39-35(57)30(52)24(51)20-59-39/h9,22-41,48-58H,10-20H2,1-8H3. The Labute approximate surface area is 376 Å². The van der Waals surface area contributed by atoms with E-state index in [0.717, 1.165) is 25.7 Å². The summed E-state index contributed by atoms with van der Waals surface area (Å²) >= 11 is 0. The molecule has 0 spiro atoms. The molecule has 8 rings (SSSR count). The molecular weight excluding hydrogens is 836 g/mol. The van der Waals surface area contributed by atoms with Gasteiger partial charge in [-0.1, -0.05) is 67.0 Å². The van der Waals surface area contributed by atoms with Crippen LogP contribution >= 0.6 is 0 Å². The SMILES string of the molecule is CC1(C)CCC2(C)C(OC3OC(CO)C(O)C(O)C3OC3OCC(O)C(O)C3O)CC3(C)C(=CCC4C5(C)CCC(OC6OC(CO)C(O)C(O)C6O)C(C)(C)C5C(O)CC43C)C2C1. The number of aliphatic hydroxyl groups excluding tert-OH is 11. The molecule has 368 valence electrons. The van der Waals surface area contributed by atoms with Gasteiger partial charge in [-0.05, 0) is 96.2 Å². The Hall–Kier alpha value is -0.940. The first-order valence-corrected chi connectivity index (χ1v) is 23.7. The summed E-state index contributed by atoms with van der Waals surface area (Å²) in [6.45, 7) is 16.4. The average Bonchev–Trinajstić information content (AvgIpc) is 3.22. The Bertz CT molecular complexity index is 1710. The quantitative estimate of drug-likeness (QED) is 0.115. The molecule has 11 N–H and O–H groups in total. The molecule has 24 atom stereocenters. The molecular formula is C47H78O17. The van der Waals surface area contributed by atoms with E-state index in [-0.39, 0.29) is 29.8 Å². The van der Waals surface area contributed by atoms with Crippen molar-refractivity contribution in [3.05, 3.63) is 11.6 Å². The summed E-state index contributed by atoms with van der Waals surface area (Å²) in [7, 11) is 0. The van der Waals surface area contributed by atoms with Crippen molar-refractivity contribution < 1.29 is 84.6 Å². The number of hydrogen-bond donors (Lipinski definition) is 11. The second-order valence-corrected chi connectivity index (χ2v) is 23.4. The van der Waals surface area contributed by atoms with E-state index in [4.69, 9.17) is 28.4 Å². The van der Waals surface area contributed by atoms with Gasteiger partial charge in [-0.25, -0.2) is 0 Å². The lowest BCUT2D eigenvalue weighted by Crippen LogP contribution is -2.70. The Kier molecular flexibility index (Phi) is 13.3. The second kappa shape index (κ2) is 17.2. The van der Waals surface area contributed by atoms with E-state index in [0.29, 0.717) is 25.7 Å². The molecule has 0 amide bonds. The summed E-state index contributed by atoms with van der Waals surface area (Å²) in [6, 6.07) is 0. The Morgan fingerprint density at radius 2 is 1.20 bits per heavy atom. The molecule has 4 saturated carbocycles. The molecule has 0 aromatic carbocycles. The van der Waals surface area contributed by atoms with Crippen LogP contribution in [0, 0.1) is 50.2 Å². The predicted molar refractivity (Wildman–Crippen MR) is 225 cm³/mol. The summed E-state index contributed by atoms with van der Waals surface area (Å²) in [4.78, 5) is 0. The number of aliphatic hydroxyl groups is 11. The summed E-state index contributed by atoms with van der Waals surface area (Å²) in [6.07, 6.45) is -14.0. The summed E-state index contributed by atoms with van der Waals surface area (Å²) in [5.74, 6) is -0.0869. The van der Waals surface area contributed by atoms with E-state index in [1.165, 1.54) is 5.57 Å². The van der Waals surface area contributed by atoms with Crippen LogP contribution in [0.25, 0.3) is 0 Å². The van der Waals surface area contributed by atoms with Gasteiger partial charge < -0.3 is 84.6 Å². The number of fused-ring (bicyclic) bond motifs is 7. The van der Waals surface area contributed by atoms with Crippen LogP contribution in [0.1, 0.15) is 107 Å². The number of rotatable bonds is 8. The normalized spacial score (nSPS) is 55.9. The van der Waals surface area contributed by atoms with Gasteiger partial charge in [-0.3, -0.25) is 0 Å². The van der Waals surface area contributed by atoms with Gasteiger partial charge in [0.1, 0.15) is 67.1 Å². The van der Waals surface area contributed by atoms with Gasteiger partial charge in [0, 0.05) is 5.41 Å². The molecule has 8 aliphatic rings. The highest BCUT2D eigenvalue weighted by atomic mass is 16.8. The first-order chi connectivity index (χ1) is 29.8. The van der Waals surface area contributed by atoms with E-state index < -0.39 is 145 Å². The fourth-order valence-corrected chi connectivity index (χ4v) is 15.0. The third-order valence-electron chi connectivity index (χ3n) is 19.0. The van der Waals surface area contributed by atoms with Gasteiger partial charge in [-0.2, -0.15) is 0 Å². The van der Waals surface area contributed by atoms with Gasteiger partial charge in [0.25, 0.3) is 0 Å². The van der Waals surface area contributed by atoms with Crippen LogP contribution in [-0.4, -0.2) is 180 Å². The largest absolute Gasteiger partial charge is 0.394 e. The van der Waals surface area contributed by atoms with Gasteiger partial charge in [0.15, 0.2) is 18.9 Å². The zero-order valence-corrected chi connectivity index (χ0v) is 38.8. The van der Waals surface area contributed by atoms with Crippen molar-refractivity contribution in [2.45, 2.75) is 211 Å². The zero-order valence-electron chi connectivity index (χ0n) is 38.8. The minimum Gasteiger partial charge on any atom is -0.394 e. The minimum atomic E-state index is -1.69. The van der Waals surface area contributed by atoms with Crippen LogP contribution in [0.4, 0.5) is 0 Å². The Balaban J connectivity index is 1.12. The topological polar surface area (TPSA) is 278 Å². The molecule has 3 aliphatic heterocycles. The maximum atomic E-state index is 12.7. The molecule has 0 aromatic rings. The first kappa shape index (κ1) is 49.5. The smallest absolute Gasteiger partial charge is 0.187 e. The molecule has 0 radical (unpaired) electrons. The fraction of sp³-hybridized carbons (Fsp3) is 0.957. The summed E-state index contributed by atoms with van der Waals surface area (Å²) in [5, 5.41) is 119. The fourth-order valence-electron chi connectivity index (χ4n) is 15.0. The van der Waals surface area contributed by atoms with Crippen molar-refractivity contribution in [1.82, 2.24) is 0 Å². The van der Waals surface area contributed by atoms with Crippen molar-refractivity contribution in [1.29, 1.82) is 0 Å². The van der Waals surface area contributed by atoms with Gasteiger partial charge in [-0.15, -0.1) is 0 Å². The highest BCUT2D eigenvalue weighted by Gasteiger charge is 2.72. The Morgan fingerprint density at radius 1 is 0.594 bits per heavy atom. The maximum absolute atomic E-state index is 12.7. The molecule has 0 bridgehead atoms. The van der Waals surface area contributed by atoms with E-state index in [1.807, 2.05) is 0 Å². The highest BCUT2D eigenvalue weighted by molar-refractivity contribution is 5.35. The molecule has 24 unspecified atom stereocenters. The minimum absolute atomic E-state index is 0.00716. The van der Waals surface area contributed by atoms with Crippen molar-refractivity contribution in [3.63, 3.8) is 0 Å². The Morgan fingerprint density at radius 3 is 1.86 bits per heavy atom. The van der Waals surface area contributed by atoms with Crippen LogP contribution in [0.15, 0.2) is 11.6 Å². The monoisotopic (exact) mass is 915 g/mol. The van der Waals surface area contributed by atoms with Crippen LogP contribution in [0.2, 0.25) is 0 Å². The first-order valence-electron chi connectivity index (χ1n) is 23.7. The molecule has 5 aliphatic carbocycles. The lowest BCUT2D eigenvalue weighted by molar-refractivity contribution is -0.371. The molecule has 3 saturated heterocycles. The van der Waals surface area contributed by atoms with Crippen LogP contribution < -0.4 is 0 Å². The number of ether oxygens (including phenoxy) is 6. The van der Waals surface area contributed by atoms with Crippen LogP contribution in [-0.2, 0) is 28.4 Å². The molecule has 0 aromatic heterocycles. The number of allylic oxidation sites excluding steroid dienone is 2. The van der Waals surface area contributed by atoms with Crippen molar-refractivity contribution in [2.75, 3.05) is 19.8 Å². The van der Waals surface area contributed by atoms with Crippen molar-refractivity contribution in [2.24, 2.45) is 50.2 Å². The second-order valence-electron chi connectivity index (χ2n) is 23.4. The van der Waals surface area contributed by atoms with Gasteiger partial charge in [0.2, 0.25) is 0 Å². The predicted octanol–water partition coefficient (Wildman–Crippen LogP) is 0.222. The maximum Gasteiger partial charge on any atom is 0.187 e. The summed E-state index contributed by atoms with van der Waals surface area (Å²) < 4.78 is 37.4. The zero-order chi connectivity index (χ0) is 46.9. The van der Waals surface area contributed by atoms with E-state index in [9.17, 15) is 56.2 Å². The van der Waals surface area contributed by atoms with Crippen LogP contribution in [0.5, 0.6) is 0 Å². The third-order valence-corrected chi connectivity index (χ3v) is 19.0. The lowest BCUT2D eigenvalue weighted by atomic mass is 9.33. The van der Waals surface area contributed by atoms with Crippen LogP contribution in [0.3, 0.4) is 0 Å². The molecule has 3 heterocycles. The highest BCUT2D eigenvalue weighted by Crippen LogP contribution is 2.76. The van der Waals surface area contributed by atoms with E-state index in [2.05, 4.69) is 61.5 Å². The average molecular weight is 915 g/mol. The van der Waals surface area contributed by atoms with Gasteiger partial charge in [0.05, 0.1) is 38.1 Å². The number of hydrogen-bond acceptors (Lipinski definition) is 17. The molecule has 64 heavy (non-hydrogen) atoms. The van der Waals surface area contributed by atoms with Crippen molar-refractivity contribution >= 4 is 0 Å². The van der Waals surface area contributed by atoms with E-state index in [1.54, 1.807) is 0 Å². The van der Waals surface area contributed by atoms with E-state index >= 15 is 0 Å². The lowest BCUT2D eigenvalue weighted by Gasteiger charge is -2.73. The van der Waals surface area contributed by atoms with Crippen molar-refractivity contribution in [3.8, 4) is 0 Å². The summed E-state index contributed by atoms with van der Waals surface area (Å²) in [5.41, 5.74) is -1.09.